The molecule has 0 aliphatic rings. The molecule has 0 bridgehead atoms. The molecule has 7 nitrogen and oxygen atoms in total. The fraction of sp³-hybridized carbons (Fsp3) is 0.200. The lowest BCUT2D eigenvalue weighted by atomic mass is 10.2. The number of aryl methyl sites for hydroxylation is 1. The number of hydrogen-bond acceptors (Lipinski definition) is 4. The molecule has 11 heteroatoms. The second-order valence-electron chi connectivity index (χ2n) is 6.75. The average molecular weight is 450 g/mol. The summed E-state index contributed by atoms with van der Waals surface area (Å²) in [6.45, 7) is 1.46. The number of halogens is 4. The number of amides is 1. The highest BCUT2D eigenvalue weighted by molar-refractivity contribution is 6.31. The molecule has 0 spiro atoms. The van der Waals surface area contributed by atoms with Gasteiger partial charge in [0.1, 0.15) is 12.4 Å². The fourth-order valence-corrected chi connectivity index (χ4v) is 3.59. The predicted octanol–water partition coefficient (Wildman–Crippen LogP) is 3.92. The van der Waals surface area contributed by atoms with Crippen LogP contribution in [0.2, 0.25) is 5.02 Å². The van der Waals surface area contributed by atoms with Gasteiger partial charge in [0.2, 0.25) is 11.6 Å². The van der Waals surface area contributed by atoms with Gasteiger partial charge in [0.15, 0.2) is 0 Å². The van der Waals surface area contributed by atoms with Gasteiger partial charge < -0.3 is 5.32 Å². The summed E-state index contributed by atoms with van der Waals surface area (Å²) in [5.74, 6) is -0.0805. The molecule has 0 atom stereocenters. The zero-order valence-electron chi connectivity index (χ0n) is 16.1. The van der Waals surface area contributed by atoms with Gasteiger partial charge >= 0.3 is 6.18 Å². The normalized spacial score (nSPS) is 11.9. The third-order valence-corrected chi connectivity index (χ3v) is 5.08. The van der Waals surface area contributed by atoms with Crippen molar-refractivity contribution in [2.24, 2.45) is 0 Å². The summed E-state index contributed by atoms with van der Waals surface area (Å²) in [6.07, 6.45) is -4.12. The van der Waals surface area contributed by atoms with Gasteiger partial charge in [-0.3, -0.25) is 18.6 Å². The molecule has 2 heterocycles. The number of nitrogens with zero attached hydrogens (tertiary/aromatic N) is 4. The van der Waals surface area contributed by atoms with E-state index in [4.69, 9.17) is 11.6 Å². The molecule has 2 aromatic heterocycles. The Balaban J connectivity index is 1.73. The SMILES string of the molecule is CCc1nnc2c(=O)n(CC(=O)Nc3ccc(Cl)c(C(F)(F)F)c3)c3ccccc3n12. The van der Waals surface area contributed by atoms with Crippen LogP contribution < -0.4 is 10.9 Å². The number of para-hydroxylation sites is 2. The largest absolute Gasteiger partial charge is 0.417 e. The lowest BCUT2D eigenvalue weighted by Gasteiger charge is -2.14. The molecule has 4 rings (SSSR count). The quantitative estimate of drug-likeness (QED) is 0.512. The van der Waals surface area contributed by atoms with Gasteiger partial charge in [-0.2, -0.15) is 13.2 Å². The molecule has 0 aliphatic heterocycles. The van der Waals surface area contributed by atoms with Crippen LogP contribution in [0.1, 0.15) is 18.3 Å². The minimum atomic E-state index is -4.67. The number of nitrogens with one attached hydrogen (secondary N) is 1. The first-order chi connectivity index (χ1) is 14.7. The van der Waals surface area contributed by atoms with E-state index in [1.165, 1.54) is 10.6 Å². The number of alkyl halides is 3. The zero-order valence-corrected chi connectivity index (χ0v) is 16.8. The highest BCUT2D eigenvalue weighted by Gasteiger charge is 2.33. The van der Waals surface area contributed by atoms with E-state index < -0.39 is 34.8 Å². The second kappa shape index (κ2) is 7.69. The summed E-state index contributed by atoms with van der Waals surface area (Å²) in [6, 6.07) is 9.99. The standard InChI is InChI=1S/C20H15ClF3N5O2/c1-2-16-26-27-18-19(31)28(14-5-3-4-6-15(14)29(16)18)10-17(30)25-11-7-8-13(21)12(9-11)20(22,23)24/h3-9H,2,10H2,1H3,(H,25,30). The second-order valence-corrected chi connectivity index (χ2v) is 7.16. The molecular formula is C20H15ClF3N5O2. The van der Waals surface area contributed by atoms with Gasteiger partial charge in [0.05, 0.1) is 21.6 Å². The van der Waals surface area contributed by atoms with Crippen LogP contribution in [0.5, 0.6) is 0 Å². The van der Waals surface area contributed by atoms with E-state index >= 15 is 0 Å². The summed E-state index contributed by atoms with van der Waals surface area (Å²) in [7, 11) is 0. The Morgan fingerprint density at radius 1 is 1.13 bits per heavy atom. The number of carbonyl (C=O) groups excluding carboxylic acids is 1. The van der Waals surface area contributed by atoms with Crippen LogP contribution in [0.3, 0.4) is 0 Å². The molecule has 0 aliphatic carbocycles. The van der Waals surface area contributed by atoms with E-state index in [1.807, 2.05) is 6.92 Å². The van der Waals surface area contributed by atoms with Crippen molar-refractivity contribution < 1.29 is 18.0 Å². The highest BCUT2D eigenvalue weighted by atomic mass is 35.5. The Morgan fingerprint density at radius 2 is 1.84 bits per heavy atom. The highest BCUT2D eigenvalue weighted by Crippen LogP contribution is 2.36. The number of rotatable bonds is 4. The van der Waals surface area contributed by atoms with Crippen molar-refractivity contribution in [3.05, 3.63) is 69.2 Å². The minimum absolute atomic E-state index is 0.0641. The molecule has 160 valence electrons. The van der Waals surface area contributed by atoms with Crippen molar-refractivity contribution in [1.29, 1.82) is 0 Å². The van der Waals surface area contributed by atoms with E-state index in [2.05, 4.69) is 15.5 Å². The number of hydrogen-bond donors (Lipinski definition) is 1. The smallest absolute Gasteiger partial charge is 0.325 e. The molecule has 4 aromatic rings. The Morgan fingerprint density at radius 3 is 2.52 bits per heavy atom. The zero-order chi connectivity index (χ0) is 22.3. The lowest BCUT2D eigenvalue weighted by Crippen LogP contribution is -2.29. The van der Waals surface area contributed by atoms with Crippen LogP contribution in [0.15, 0.2) is 47.3 Å². The number of anilines is 1. The van der Waals surface area contributed by atoms with Crippen molar-refractivity contribution in [3.63, 3.8) is 0 Å². The minimum Gasteiger partial charge on any atom is -0.325 e. The monoisotopic (exact) mass is 449 g/mol. The van der Waals surface area contributed by atoms with Crippen molar-refractivity contribution in [2.45, 2.75) is 26.1 Å². The van der Waals surface area contributed by atoms with E-state index in [-0.39, 0.29) is 11.3 Å². The Labute approximate surface area is 178 Å². The molecule has 0 saturated heterocycles. The van der Waals surface area contributed by atoms with E-state index in [0.717, 1.165) is 12.1 Å². The van der Waals surface area contributed by atoms with Crippen LogP contribution in [0.4, 0.5) is 18.9 Å². The van der Waals surface area contributed by atoms with Crippen molar-refractivity contribution in [2.75, 3.05) is 5.32 Å². The average Bonchev–Trinajstić information content (AvgIpc) is 3.16. The first-order valence-electron chi connectivity index (χ1n) is 9.23. The van der Waals surface area contributed by atoms with Gasteiger partial charge in [-0.05, 0) is 30.3 Å². The Hall–Kier alpha value is -3.40. The number of aromatic nitrogens is 4. The summed E-state index contributed by atoms with van der Waals surface area (Å²) in [4.78, 5) is 25.6. The molecule has 0 unspecified atom stereocenters. The van der Waals surface area contributed by atoms with Crippen LogP contribution in [-0.4, -0.2) is 25.1 Å². The Kier molecular flexibility index (Phi) is 5.18. The van der Waals surface area contributed by atoms with E-state index in [1.54, 1.807) is 28.7 Å². The van der Waals surface area contributed by atoms with Crippen LogP contribution in [-0.2, 0) is 23.9 Å². The maximum absolute atomic E-state index is 13.1. The topological polar surface area (TPSA) is 81.3 Å². The molecule has 31 heavy (non-hydrogen) atoms. The molecular weight excluding hydrogens is 435 g/mol. The molecule has 0 fully saturated rings. The number of carbonyl (C=O) groups is 1. The molecule has 2 aromatic carbocycles. The molecule has 1 N–H and O–H groups in total. The maximum Gasteiger partial charge on any atom is 0.417 e. The van der Waals surface area contributed by atoms with Crippen LogP contribution in [0.25, 0.3) is 16.7 Å². The van der Waals surface area contributed by atoms with Gasteiger partial charge in [-0.25, -0.2) is 0 Å². The number of benzene rings is 2. The summed E-state index contributed by atoms with van der Waals surface area (Å²) < 4.78 is 42.0. The first-order valence-corrected chi connectivity index (χ1v) is 9.60. The van der Waals surface area contributed by atoms with Crippen LogP contribution >= 0.6 is 11.6 Å². The molecule has 0 saturated carbocycles. The summed E-state index contributed by atoms with van der Waals surface area (Å²) in [5.41, 5.74) is -0.515. The lowest BCUT2D eigenvalue weighted by molar-refractivity contribution is -0.137. The number of fused-ring (bicyclic) bond motifs is 3. The van der Waals surface area contributed by atoms with E-state index in [9.17, 15) is 22.8 Å². The fourth-order valence-electron chi connectivity index (χ4n) is 3.37. The predicted molar refractivity (Wildman–Crippen MR) is 109 cm³/mol. The summed E-state index contributed by atoms with van der Waals surface area (Å²) in [5, 5.41) is 9.89. The Bertz CT molecular complexity index is 1380. The van der Waals surface area contributed by atoms with Gasteiger partial charge in [-0.1, -0.05) is 30.7 Å². The first kappa shape index (κ1) is 20.9. The van der Waals surface area contributed by atoms with E-state index in [0.29, 0.717) is 23.3 Å². The van der Waals surface area contributed by atoms with Crippen molar-refractivity contribution in [1.82, 2.24) is 19.2 Å². The van der Waals surface area contributed by atoms with Crippen molar-refractivity contribution in [3.8, 4) is 0 Å². The molecule has 0 radical (unpaired) electrons. The third kappa shape index (κ3) is 3.74. The third-order valence-electron chi connectivity index (χ3n) is 4.75. The van der Waals surface area contributed by atoms with Crippen molar-refractivity contribution >= 4 is 39.9 Å². The molecule has 1 amide bonds. The van der Waals surface area contributed by atoms with Gasteiger partial charge in [0.25, 0.3) is 5.56 Å². The van der Waals surface area contributed by atoms with Crippen LogP contribution in [0, 0.1) is 0 Å². The van der Waals surface area contributed by atoms with Gasteiger partial charge in [0, 0.05) is 12.1 Å². The maximum atomic E-state index is 13.1. The van der Waals surface area contributed by atoms with Gasteiger partial charge in [-0.15, -0.1) is 10.2 Å². The summed E-state index contributed by atoms with van der Waals surface area (Å²) >= 11 is 5.61.